The minimum Gasteiger partial charge on any atom is -0.461 e. The molecule has 0 unspecified atom stereocenters. The maximum Gasteiger partial charge on any atom is 0.276 e. The highest BCUT2D eigenvalue weighted by molar-refractivity contribution is 7.19. The lowest BCUT2D eigenvalue weighted by Gasteiger charge is -1.89. The van der Waals surface area contributed by atoms with Gasteiger partial charge in [0.05, 0.1) is 30.4 Å². The van der Waals surface area contributed by atoms with E-state index in [-0.39, 0.29) is 11.1 Å². The number of rotatable bonds is 0. The van der Waals surface area contributed by atoms with Gasteiger partial charge in [-0.1, -0.05) is 232 Å². The number of thiazole rings is 2. The fourth-order valence-electron chi connectivity index (χ4n) is 10.7. The third-order valence-electron chi connectivity index (χ3n) is 15.0. The normalized spacial score (nSPS) is 9.57. The molecule has 22 heteroatoms. The Hall–Kier alpha value is -11.8. The van der Waals surface area contributed by atoms with E-state index in [1.165, 1.54) is 50.1 Å². The van der Waals surface area contributed by atoms with Crippen LogP contribution in [0.15, 0.2) is 246 Å². The molecule has 0 spiro atoms. The quantitative estimate of drug-likeness (QED) is 0.110. The Morgan fingerprint density at radius 3 is 0.817 bits per heavy atom. The van der Waals surface area contributed by atoms with Gasteiger partial charge in [0, 0.05) is 43.8 Å². The number of aromatic amines is 4. The minimum absolute atomic E-state index is 0.168. The number of nitrogens with one attached hydrogen (secondary N) is 4. The summed E-state index contributed by atoms with van der Waals surface area (Å²) in [6.45, 7) is 55.0. The third kappa shape index (κ3) is 33.2. The van der Waals surface area contributed by atoms with Gasteiger partial charge in [-0.25, -0.2) is 39.9 Å². The van der Waals surface area contributed by atoms with Crippen LogP contribution in [-0.2, 0) is 0 Å². The number of para-hydroxylation sites is 8. The molecule has 0 amide bonds. The second-order valence-electron chi connectivity index (χ2n) is 23.7. The van der Waals surface area contributed by atoms with Gasteiger partial charge in [0.25, 0.3) is 11.1 Å². The zero-order chi connectivity index (χ0) is 89.2. The van der Waals surface area contributed by atoms with Crippen LogP contribution in [0.4, 0.5) is 0 Å². The number of benzene rings is 8. The van der Waals surface area contributed by atoms with E-state index < -0.39 is 0 Å². The molecule has 18 nitrogen and oxygen atoms in total. The number of fused-ring (bicyclic) bond motifs is 10. The van der Waals surface area contributed by atoms with Crippen LogP contribution in [0, 0.1) is 83.1 Å². The molecule has 20 aromatic rings. The number of H-pyrrole nitrogens is 4. The van der Waals surface area contributed by atoms with Crippen molar-refractivity contribution in [2.45, 2.75) is 194 Å². The molecule has 636 valence electrons. The standard InChI is InChI=1S/2C9H8O.2C9H8S.2C8H7NO.2C8H7NS.2C7H8N4O.8C2H6/c4*1-7-6-8-4-2-3-5-9(8)10-7;4*1-6-9-7-4-2-3-5-8(7)10-6;2*1-3-8-5-6(9-3)10-4(2)11-7(5)12;8*1-2/h4*2-6H,1H3;4*2-5H,1H3;2*1-2H3,(H2,8,9,10,11,12);8*1-2H3. The molecule has 120 heavy (non-hydrogen) atoms. The van der Waals surface area contributed by atoms with Crippen LogP contribution in [0.2, 0.25) is 0 Å². The molecule has 0 atom stereocenters. The molecule has 0 saturated heterocycles. The summed E-state index contributed by atoms with van der Waals surface area (Å²) >= 11 is 7.19. The van der Waals surface area contributed by atoms with E-state index in [4.69, 9.17) is 17.7 Å². The maximum absolute atomic E-state index is 11.2. The number of nitrogens with zero attached hydrogens (tertiary/aromatic N) is 8. The summed E-state index contributed by atoms with van der Waals surface area (Å²) in [7, 11) is 0. The van der Waals surface area contributed by atoms with Gasteiger partial charge in [0.1, 0.15) is 57.0 Å². The predicted octanol–water partition coefficient (Wildman–Crippen LogP) is 30.1. The van der Waals surface area contributed by atoms with Crippen molar-refractivity contribution in [3.63, 3.8) is 0 Å². The summed E-state index contributed by atoms with van der Waals surface area (Å²) in [5.74, 6) is 5.96. The van der Waals surface area contributed by atoms with E-state index in [1.807, 2.05) is 321 Å². The minimum atomic E-state index is -0.168. The van der Waals surface area contributed by atoms with Crippen molar-refractivity contribution in [2.75, 3.05) is 0 Å². The van der Waals surface area contributed by atoms with Crippen LogP contribution < -0.4 is 11.1 Å². The average Bonchev–Trinajstić information content (AvgIpc) is 1.66. The van der Waals surface area contributed by atoms with Gasteiger partial charge < -0.3 is 37.6 Å². The summed E-state index contributed by atoms with van der Waals surface area (Å²) in [6, 6.07) is 73.3. The Morgan fingerprint density at radius 1 is 0.250 bits per heavy atom. The number of hydrogen-bond acceptors (Lipinski definition) is 18. The maximum atomic E-state index is 11.2. The molecule has 0 fully saturated rings. The Balaban J connectivity index is 0.000000338. The van der Waals surface area contributed by atoms with Crippen LogP contribution in [0.25, 0.3) is 107 Å². The van der Waals surface area contributed by atoms with Crippen molar-refractivity contribution in [3.05, 3.63) is 305 Å². The lowest BCUT2D eigenvalue weighted by atomic mass is 10.2. The number of thiophene rings is 2. The van der Waals surface area contributed by atoms with Crippen molar-refractivity contribution < 1.29 is 17.7 Å². The van der Waals surface area contributed by atoms with E-state index in [0.717, 1.165) is 77.7 Å². The first-order valence-corrected chi connectivity index (χ1v) is 44.4. The Kier molecular flexibility index (Phi) is 48.2. The van der Waals surface area contributed by atoms with E-state index in [9.17, 15) is 9.59 Å². The first-order valence-electron chi connectivity index (χ1n) is 41.2. The monoisotopic (exact) mass is 1690 g/mol. The average molecular weight is 1690 g/mol. The lowest BCUT2D eigenvalue weighted by molar-refractivity contribution is 0.560. The SMILES string of the molecule is CC.CC.CC.CC.CC.CC.CC.CC.Cc1cc2ccccc2o1.Cc1cc2ccccc2o1.Cc1cc2ccccc2s1.Cc1cc2ccccc2s1.Cc1nc2ccccc2o1.Cc1nc2ccccc2o1.Cc1nc2ccccc2s1.Cc1nc2ccccc2s1.Cc1nc2nc(C)[nH]c2c(=O)[nH]1.Cc1nc2nc(C)[nH]c2c(=O)[nH]1. The number of furan rings is 2. The molecule has 12 heterocycles. The van der Waals surface area contributed by atoms with Gasteiger partial charge >= 0.3 is 0 Å². The first-order chi connectivity index (χ1) is 58.2. The van der Waals surface area contributed by atoms with Crippen molar-refractivity contribution in [2.24, 2.45) is 0 Å². The molecule has 4 N–H and O–H groups in total. The number of oxazole rings is 2. The molecule has 0 aliphatic rings. The van der Waals surface area contributed by atoms with Gasteiger partial charge in [0.15, 0.2) is 45.3 Å². The van der Waals surface area contributed by atoms with E-state index in [2.05, 4.69) is 146 Å². The second-order valence-corrected chi connectivity index (χ2v) is 28.8. The van der Waals surface area contributed by atoms with Crippen molar-refractivity contribution in [1.82, 2.24) is 59.8 Å². The molecule has 8 aromatic carbocycles. The summed E-state index contributed by atoms with van der Waals surface area (Å²) in [4.78, 5) is 69.3. The first kappa shape index (κ1) is 102. The zero-order valence-electron chi connectivity index (χ0n) is 75.4. The van der Waals surface area contributed by atoms with Crippen LogP contribution in [0.5, 0.6) is 0 Å². The molecular weight excluding hydrogens is 1570 g/mol. The van der Waals surface area contributed by atoms with Gasteiger partial charge in [-0.05, 0) is 177 Å². The lowest BCUT2D eigenvalue weighted by Crippen LogP contribution is -2.09. The van der Waals surface area contributed by atoms with Crippen LogP contribution in [0.1, 0.15) is 177 Å². The molecule has 0 aliphatic carbocycles. The number of aryl methyl sites for hydroxylation is 12. The fraction of sp³-hybridized carbons (Fsp3) is 0.286. The fourth-order valence-corrected chi connectivity index (χ4v) is 14.2. The number of aromatic nitrogens is 12. The summed E-state index contributed by atoms with van der Waals surface area (Å²) < 4.78 is 26.6. The van der Waals surface area contributed by atoms with E-state index in [1.54, 1.807) is 50.4 Å². The topological polar surface area (TPSA) is 253 Å². The highest BCUT2D eigenvalue weighted by Gasteiger charge is 2.08. The van der Waals surface area contributed by atoms with Crippen LogP contribution in [0.3, 0.4) is 0 Å². The van der Waals surface area contributed by atoms with Crippen molar-refractivity contribution in [1.29, 1.82) is 0 Å². The van der Waals surface area contributed by atoms with Crippen LogP contribution >= 0.6 is 45.3 Å². The zero-order valence-corrected chi connectivity index (χ0v) is 78.7. The number of hydrogen-bond donors (Lipinski definition) is 4. The third-order valence-corrected chi connectivity index (χ3v) is 19.0. The second kappa shape index (κ2) is 56.5. The molecule has 20 rings (SSSR count). The Bertz CT molecular complexity index is 5080. The van der Waals surface area contributed by atoms with Gasteiger partial charge in [0.2, 0.25) is 0 Å². The molecule has 0 radical (unpaired) electrons. The van der Waals surface area contributed by atoms with E-state index >= 15 is 0 Å². The van der Waals surface area contributed by atoms with Crippen LogP contribution in [-0.4, -0.2) is 59.8 Å². The molecule has 0 bridgehead atoms. The van der Waals surface area contributed by atoms with Gasteiger partial charge in [-0.2, -0.15) is 0 Å². The highest BCUT2D eigenvalue weighted by atomic mass is 32.1. The predicted molar refractivity (Wildman–Crippen MR) is 520 cm³/mol. The summed E-state index contributed by atoms with van der Waals surface area (Å²) in [5.41, 5.74) is 9.27. The molecule has 12 aromatic heterocycles. The molecule has 0 saturated carbocycles. The van der Waals surface area contributed by atoms with Crippen molar-refractivity contribution in [3.8, 4) is 0 Å². The molecular formula is C98H124N12O6S4. The largest absolute Gasteiger partial charge is 0.461 e. The molecule has 0 aliphatic heterocycles. The Labute approximate surface area is 724 Å². The highest BCUT2D eigenvalue weighted by Crippen LogP contribution is 2.27. The van der Waals surface area contributed by atoms with Gasteiger partial charge in [-0.15, -0.1) is 45.3 Å². The number of imidazole rings is 2. The summed E-state index contributed by atoms with van der Waals surface area (Å²) in [6.07, 6.45) is 0. The van der Waals surface area contributed by atoms with E-state index in [0.29, 0.717) is 45.6 Å². The summed E-state index contributed by atoms with van der Waals surface area (Å²) in [5, 5.41) is 7.37. The van der Waals surface area contributed by atoms with Gasteiger partial charge in [-0.3, -0.25) is 9.59 Å². The smallest absolute Gasteiger partial charge is 0.276 e. The Morgan fingerprint density at radius 2 is 0.517 bits per heavy atom. The van der Waals surface area contributed by atoms with Crippen molar-refractivity contribution >= 4 is 152 Å².